The Hall–Kier alpha value is -5.48. The number of fused-ring (bicyclic) bond motifs is 10. The zero-order valence-electron chi connectivity index (χ0n) is 21.4. The van der Waals surface area contributed by atoms with E-state index in [0.29, 0.717) is 5.95 Å². The highest BCUT2D eigenvalue weighted by Crippen LogP contribution is 2.43. The van der Waals surface area contributed by atoms with E-state index in [1.165, 1.54) is 10.8 Å². The molecule has 9 aromatic rings. The fraction of sp³-hybridized carbons (Fsp3) is 0. The molecule has 0 bridgehead atoms. The van der Waals surface area contributed by atoms with Crippen LogP contribution in [-0.2, 0) is 0 Å². The first kappa shape index (κ1) is 21.5. The molecule has 0 saturated heterocycles. The van der Waals surface area contributed by atoms with Crippen LogP contribution < -0.4 is 0 Å². The van der Waals surface area contributed by atoms with Gasteiger partial charge in [-0.2, -0.15) is 0 Å². The molecule has 40 heavy (non-hydrogen) atoms. The number of benzene rings is 6. The van der Waals surface area contributed by atoms with Crippen molar-refractivity contribution in [2.45, 2.75) is 0 Å². The first-order valence-corrected chi connectivity index (χ1v) is 13.4. The standard InChI is InChI=1S/C36H21N3O/c1-2-9-22(10-3-1)24-14-8-15-28-27(24)21-37-36(38-28)39-29-16-7-6-13-26(29)33-30(39)18-20-32-35(33)34-25-12-5-4-11-23(25)17-19-31(34)40-32/h1-21H. The van der Waals surface area contributed by atoms with Crippen molar-refractivity contribution >= 4 is 65.4 Å². The Morgan fingerprint density at radius 1 is 0.525 bits per heavy atom. The number of furan rings is 1. The van der Waals surface area contributed by atoms with Crippen LogP contribution in [0.4, 0.5) is 0 Å². The highest BCUT2D eigenvalue weighted by atomic mass is 16.3. The Morgan fingerprint density at radius 2 is 1.30 bits per heavy atom. The third kappa shape index (κ3) is 2.90. The van der Waals surface area contributed by atoms with Crippen LogP contribution in [0.25, 0.3) is 82.5 Å². The third-order valence-corrected chi connectivity index (χ3v) is 8.06. The fourth-order valence-corrected chi connectivity index (χ4v) is 6.33. The number of hydrogen-bond donors (Lipinski definition) is 0. The third-order valence-electron chi connectivity index (χ3n) is 8.06. The Labute approximate surface area is 228 Å². The number of rotatable bonds is 2. The largest absolute Gasteiger partial charge is 0.456 e. The second kappa shape index (κ2) is 8.01. The zero-order chi connectivity index (χ0) is 26.2. The average Bonchev–Trinajstić information content (AvgIpc) is 3.57. The normalized spacial score (nSPS) is 12.0. The predicted octanol–water partition coefficient (Wildman–Crippen LogP) is 9.45. The summed E-state index contributed by atoms with van der Waals surface area (Å²) in [6, 6.07) is 42.1. The van der Waals surface area contributed by atoms with Gasteiger partial charge in [0.15, 0.2) is 0 Å². The minimum atomic E-state index is 0.654. The highest BCUT2D eigenvalue weighted by molar-refractivity contribution is 6.31. The summed E-state index contributed by atoms with van der Waals surface area (Å²) in [6.07, 6.45) is 1.96. The molecule has 9 rings (SSSR count). The molecule has 0 aliphatic rings. The predicted molar refractivity (Wildman–Crippen MR) is 164 cm³/mol. The van der Waals surface area contributed by atoms with Crippen LogP contribution in [-0.4, -0.2) is 14.5 Å². The van der Waals surface area contributed by atoms with Gasteiger partial charge in [0.25, 0.3) is 0 Å². The van der Waals surface area contributed by atoms with Crippen LogP contribution in [0.15, 0.2) is 132 Å². The van der Waals surface area contributed by atoms with Crippen LogP contribution in [0.2, 0.25) is 0 Å². The lowest BCUT2D eigenvalue weighted by Crippen LogP contribution is -2.01. The van der Waals surface area contributed by atoms with Crippen LogP contribution in [0.5, 0.6) is 0 Å². The maximum atomic E-state index is 6.40. The Bertz CT molecular complexity index is 2430. The molecule has 186 valence electrons. The van der Waals surface area contributed by atoms with Gasteiger partial charge in [-0.05, 0) is 52.2 Å². The van der Waals surface area contributed by atoms with Gasteiger partial charge >= 0.3 is 0 Å². The molecule has 0 aliphatic carbocycles. The molecule has 0 spiro atoms. The molecule has 6 aromatic carbocycles. The first-order valence-electron chi connectivity index (χ1n) is 13.4. The molecule has 0 radical (unpaired) electrons. The summed E-state index contributed by atoms with van der Waals surface area (Å²) in [7, 11) is 0. The summed E-state index contributed by atoms with van der Waals surface area (Å²) in [6.45, 7) is 0. The number of aromatic nitrogens is 3. The van der Waals surface area contributed by atoms with Crippen molar-refractivity contribution in [3.8, 4) is 17.1 Å². The van der Waals surface area contributed by atoms with E-state index in [0.717, 1.165) is 65.8 Å². The Balaban J connectivity index is 1.39. The minimum Gasteiger partial charge on any atom is -0.456 e. The lowest BCUT2D eigenvalue weighted by atomic mass is 10.0. The minimum absolute atomic E-state index is 0.654. The van der Waals surface area contributed by atoms with Crippen molar-refractivity contribution in [2.24, 2.45) is 0 Å². The van der Waals surface area contributed by atoms with Crippen molar-refractivity contribution in [3.05, 3.63) is 128 Å². The highest BCUT2D eigenvalue weighted by Gasteiger charge is 2.21. The van der Waals surface area contributed by atoms with E-state index in [9.17, 15) is 0 Å². The molecule has 0 fully saturated rings. The number of nitrogens with zero attached hydrogens (tertiary/aromatic N) is 3. The van der Waals surface area contributed by atoms with Crippen molar-refractivity contribution in [2.75, 3.05) is 0 Å². The molecule has 3 heterocycles. The van der Waals surface area contributed by atoms with E-state index < -0.39 is 0 Å². The lowest BCUT2D eigenvalue weighted by molar-refractivity contribution is 0.669. The van der Waals surface area contributed by atoms with Gasteiger partial charge in [-0.15, -0.1) is 0 Å². The van der Waals surface area contributed by atoms with E-state index in [-0.39, 0.29) is 0 Å². The van der Waals surface area contributed by atoms with Gasteiger partial charge < -0.3 is 4.42 Å². The fourth-order valence-electron chi connectivity index (χ4n) is 6.33. The van der Waals surface area contributed by atoms with Crippen LogP contribution in [0.1, 0.15) is 0 Å². The van der Waals surface area contributed by atoms with Crippen molar-refractivity contribution < 1.29 is 4.42 Å². The van der Waals surface area contributed by atoms with Crippen molar-refractivity contribution in [3.63, 3.8) is 0 Å². The van der Waals surface area contributed by atoms with Crippen molar-refractivity contribution in [1.82, 2.24) is 14.5 Å². The molecule has 0 aliphatic heterocycles. The lowest BCUT2D eigenvalue weighted by Gasteiger charge is -2.10. The van der Waals surface area contributed by atoms with Gasteiger partial charge in [0.2, 0.25) is 5.95 Å². The molecule has 4 nitrogen and oxygen atoms in total. The second-order valence-corrected chi connectivity index (χ2v) is 10.2. The maximum absolute atomic E-state index is 6.40. The van der Waals surface area contributed by atoms with Gasteiger partial charge in [-0.1, -0.05) is 91.0 Å². The molecule has 4 heteroatoms. The topological polar surface area (TPSA) is 43.9 Å². The summed E-state index contributed by atoms with van der Waals surface area (Å²) >= 11 is 0. The van der Waals surface area contributed by atoms with Gasteiger partial charge in [0, 0.05) is 33.1 Å². The van der Waals surface area contributed by atoms with E-state index in [1.54, 1.807) is 0 Å². The summed E-state index contributed by atoms with van der Waals surface area (Å²) in [5, 5.41) is 8.02. The van der Waals surface area contributed by atoms with Gasteiger partial charge in [0.1, 0.15) is 11.2 Å². The summed E-state index contributed by atoms with van der Waals surface area (Å²) in [5.74, 6) is 0.654. The SMILES string of the molecule is c1ccc(-c2cccc3nc(-n4c5ccccc5c5c6c(ccc54)oc4ccc5ccccc5c46)ncc23)cc1. The van der Waals surface area contributed by atoms with E-state index in [2.05, 4.69) is 120 Å². The van der Waals surface area contributed by atoms with E-state index in [1.807, 2.05) is 12.3 Å². The summed E-state index contributed by atoms with van der Waals surface area (Å²) < 4.78 is 8.59. The molecular formula is C36H21N3O. The number of para-hydroxylation sites is 1. The van der Waals surface area contributed by atoms with Crippen molar-refractivity contribution in [1.29, 1.82) is 0 Å². The smallest absolute Gasteiger partial charge is 0.235 e. The average molecular weight is 512 g/mol. The molecule has 0 N–H and O–H groups in total. The Morgan fingerprint density at radius 3 is 2.23 bits per heavy atom. The molecule has 0 unspecified atom stereocenters. The maximum Gasteiger partial charge on any atom is 0.235 e. The number of hydrogen-bond acceptors (Lipinski definition) is 3. The van der Waals surface area contributed by atoms with Gasteiger partial charge in [0.05, 0.1) is 16.6 Å². The summed E-state index contributed by atoms with van der Waals surface area (Å²) in [4.78, 5) is 10.1. The van der Waals surface area contributed by atoms with Gasteiger partial charge in [-0.3, -0.25) is 4.57 Å². The Kier molecular flexibility index (Phi) is 4.30. The van der Waals surface area contributed by atoms with Crippen LogP contribution >= 0.6 is 0 Å². The monoisotopic (exact) mass is 511 g/mol. The molecule has 0 saturated carbocycles. The summed E-state index contributed by atoms with van der Waals surface area (Å²) in [5.41, 5.74) is 7.11. The second-order valence-electron chi connectivity index (χ2n) is 10.2. The zero-order valence-corrected chi connectivity index (χ0v) is 21.4. The molecule has 0 amide bonds. The quantitative estimate of drug-likeness (QED) is 0.232. The van der Waals surface area contributed by atoms with Crippen LogP contribution in [0.3, 0.4) is 0 Å². The molecular weight excluding hydrogens is 490 g/mol. The van der Waals surface area contributed by atoms with E-state index in [4.69, 9.17) is 14.4 Å². The van der Waals surface area contributed by atoms with Crippen LogP contribution in [0, 0.1) is 0 Å². The van der Waals surface area contributed by atoms with Gasteiger partial charge in [-0.25, -0.2) is 9.97 Å². The molecule has 0 atom stereocenters. The first-order chi connectivity index (χ1) is 19.8. The molecule has 3 aromatic heterocycles. The van der Waals surface area contributed by atoms with E-state index >= 15 is 0 Å².